The minimum Gasteiger partial charge on any atom is -0.494 e. The number of benzene rings is 1. The van der Waals surface area contributed by atoms with E-state index in [9.17, 15) is 9.59 Å². The number of hydrogen-bond donors (Lipinski definition) is 0. The summed E-state index contributed by atoms with van der Waals surface area (Å²) < 4.78 is 15.7. The van der Waals surface area contributed by atoms with Gasteiger partial charge >= 0.3 is 0 Å². The van der Waals surface area contributed by atoms with Crippen molar-refractivity contribution in [3.05, 3.63) is 40.8 Å². The molecule has 0 amide bonds. The Bertz CT molecular complexity index is 615. The Balaban J connectivity index is 1.92. The first-order chi connectivity index (χ1) is 9.72. The highest BCUT2D eigenvalue weighted by Crippen LogP contribution is 2.33. The molecule has 0 unspecified atom stereocenters. The molecule has 5 heteroatoms. The van der Waals surface area contributed by atoms with Crippen molar-refractivity contribution >= 4 is 11.6 Å². The van der Waals surface area contributed by atoms with Crippen molar-refractivity contribution in [2.45, 2.75) is 19.8 Å². The predicted molar refractivity (Wildman–Crippen MR) is 69.6 cm³/mol. The summed E-state index contributed by atoms with van der Waals surface area (Å²) in [6, 6.07) is 4.89. The maximum Gasteiger partial charge on any atom is 0.232 e. The van der Waals surface area contributed by atoms with Gasteiger partial charge in [-0.05, 0) is 24.6 Å². The van der Waals surface area contributed by atoms with Crippen molar-refractivity contribution in [2.75, 3.05) is 13.4 Å². The minimum absolute atomic E-state index is 0.00760. The van der Waals surface area contributed by atoms with Crippen LogP contribution in [-0.2, 0) is 9.47 Å². The normalized spacial score (nSPS) is 16.4. The number of ketones is 2. The van der Waals surface area contributed by atoms with Crippen molar-refractivity contribution in [3.8, 4) is 5.75 Å². The monoisotopic (exact) mass is 274 g/mol. The van der Waals surface area contributed by atoms with Gasteiger partial charge in [-0.15, -0.1) is 0 Å². The number of carbonyl (C=O) groups excluding carboxylic acids is 2. The second-order valence-corrected chi connectivity index (χ2v) is 4.63. The third-order valence-corrected chi connectivity index (χ3v) is 3.27. The number of ether oxygens (including phenoxy) is 3. The fourth-order valence-corrected chi connectivity index (χ4v) is 2.19. The summed E-state index contributed by atoms with van der Waals surface area (Å²) >= 11 is 0. The first-order valence-electron chi connectivity index (χ1n) is 6.58. The lowest BCUT2D eigenvalue weighted by Gasteiger charge is -2.14. The molecule has 0 fully saturated rings. The van der Waals surface area contributed by atoms with Crippen molar-refractivity contribution in [3.63, 3.8) is 0 Å². The standard InChI is InChI=1S/C15H14O5/c1-2-3-6-18-9-4-5-10-11(7-9)13(17)15-14(12(10)16)19-8-20-15/h4-5,7H,2-3,6,8H2,1H3. The van der Waals surface area contributed by atoms with Crippen LogP contribution in [-0.4, -0.2) is 25.0 Å². The summed E-state index contributed by atoms with van der Waals surface area (Å²) in [4.78, 5) is 24.4. The summed E-state index contributed by atoms with van der Waals surface area (Å²) in [5, 5.41) is 0. The van der Waals surface area contributed by atoms with E-state index in [1.807, 2.05) is 0 Å². The summed E-state index contributed by atoms with van der Waals surface area (Å²) in [6.07, 6.45) is 1.97. The fourth-order valence-electron chi connectivity index (χ4n) is 2.19. The third kappa shape index (κ3) is 1.95. The van der Waals surface area contributed by atoms with Crippen LogP contribution in [0.1, 0.15) is 40.5 Å². The fraction of sp³-hybridized carbons (Fsp3) is 0.333. The quantitative estimate of drug-likeness (QED) is 0.789. The van der Waals surface area contributed by atoms with Crippen LogP contribution in [0.4, 0.5) is 0 Å². The SMILES string of the molecule is CCCCOc1ccc2c(c1)C(=O)C1=C(OCO1)C2=O. The van der Waals surface area contributed by atoms with Crippen molar-refractivity contribution in [1.82, 2.24) is 0 Å². The molecule has 0 aromatic heterocycles. The zero-order valence-corrected chi connectivity index (χ0v) is 11.1. The van der Waals surface area contributed by atoms with Gasteiger partial charge in [-0.2, -0.15) is 0 Å². The summed E-state index contributed by atoms with van der Waals surface area (Å²) in [7, 11) is 0. The Morgan fingerprint density at radius 2 is 1.80 bits per heavy atom. The van der Waals surface area contributed by atoms with Gasteiger partial charge in [0.2, 0.25) is 29.9 Å². The Morgan fingerprint density at radius 3 is 2.50 bits per heavy atom. The molecule has 1 heterocycles. The molecular formula is C15H14O5. The molecule has 0 bridgehead atoms. The van der Waals surface area contributed by atoms with Gasteiger partial charge in [0.1, 0.15) is 5.75 Å². The highest BCUT2D eigenvalue weighted by Gasteiger charge is 2.38. The van der Waals surface area contributed by atoms with Gasteiger partial charge in [-0.25, -0.2) is 0 Å². The smallest absolute Gasteiger partial charge is 0.232 e. The number of carbonyl (C=O) groups is 2. The molecule has 0 saturated carbocycles. The van der Waals surface area contributed by atoms with Crippen LogP contribution in [0.5, 0.6) is 5.75 Å². The Kier molecular flexibility index (Phi) is 3.18. The van der Waals surface area contributed by atoms with Gasteiger partial charge in [0, 0.05) is 11.1 Å². The largest absolute Gasteiger partial charge is 0.494 e. The average Bonchev–Trinajstić information content (AvgIpc) is 2.95. The van der Waals surface area contributed by atoms with Crippen LogP contribution in [0.2, 0.25) is 0 Å². The molecule has 1 aliphatic heterocycles. The second kappa shape index (κ2) is 5.00. The van der Waals surface area contributed by atoms with E-state index in [4.69, 9.17) is 14.2 Å². The van der Waals surface area contributed by atoms with Crippen LogP contribution in [0.15, 0.2) is 29.7 Å². The van der Waals surface area contributed by atoms with Crippen molar-refractivity contribution < 1.29 is 23.8 Å². The molecule has 104 valence electrons. The number of unbranched alkanes of at least 4 members (excludes halogenated alkanes) is 1. The highest BCUT2D eigenvalue weighted by atomic mass is 16.7. The van der Waals surface area contributed by atoms with Crippen molar-refractivity contribution in [2.24, 2.45) is 0 Å². The number of Topliss-reactive ketones (excluding diaryl/α,β-unsaturated/α-hetero) is 2. The molecule has 1 aromatic rings. The van der Waals surface area contributed by atoms with Crippen LogP contribution < -0.4 is 4.74 Å². The van der Waals surface area contributed by atoms with E-state index in [1.165, 1.54) is 0 Å². The molecular weight excluding hydrogens is 260 g/mol. The maximum atomic E-state index is 12.3. The van der Waals surface area contributed by atoms with Gasteiger partial charge in [-0.1, -0.05) is 13.3 Å². The lowest BCUT2D eigenvalue weighted by Crippen LogP contribution is -2.20. The molecule has 1 aliphatic carbocycles. The first kappa shape index (κ1) is 12.7. The second-order valence-electron chi connectivity index (χ2n) is 4.63. The van der Waals surface area contributed by atoms with E-state index in [2.05, 4.69) is 6.92 Å². The lowest BCUT2D eigenvalue weighted by molar-refractivity contribution is 0.0601. The van der Waals surface area contributed by atoms with E-state index in [1.54, 1.807) is 18.2 Å². The van der Waals surface area contributed by atoms with Gasteiger partial charge < -0.3 is 14.2 Å². The molecule has 0 saturated heterocycles. The zero-order valence-electron chi connectivity index (χ0n) is 11.1. The van der Waals surface area contributed by atoms with Crippen LogP contribution >= 0.6 is 0 Å². The minimum atomic E-state index is -0.326. The van der Waals surface area contributed by atoms with Crippen LogP contribution in [0.25, 0.3) is 0 Å². The highest BCUT2D eigenvalue weighted by molar-refractivity contribution is 6.25. The molecule has 2 aliphatic rings. The summed E-state index contributed by atoms with van der Waals surface area (Å²) in [5.74, 6) is -0.0306. The lowest BCUT2D eigenvalue weighted by atomic mass is 9.92. The molecule has 3 rings (SSSR count). The molecule has 5 nitrogen and oxygen atoms in total. The van der Waals surface area contributed by atoms with E-state index in [0.717, 1.165) is 12.8 Å². The van der Waals surface area contributed by atoms with Gasteiger partial charge in [-0.3, -0.25) is 9.59 Å². The topological polar surface area (TPSA) is 61.8 Å². The number of rotatable bonds is 4. The molecule has 0 spiro atoms. The van der Waals surface area contributed by atoms with E-state index >= 15 is 0 Å². The number of fused-ring (bicyclic) bond motifs is 1. The Morgan fingerprint density at radius 1 is 1.10 bits per heavy atom. The molecule has 0 radical (unpaired) electrons. The number of allylic oxidation sites excluding steroid dienone is 2. The zero-order chi connectivity index (χ0) is 14.1. The summed E-state index contributed by atoms with van der Waals surface area (Å²) in [5.41, 5.74) is 0.648. The predicted octanol–water partition coefficient (Wildman–Crippen LogP) is 2.46. The first-order valence-corrected chi connectivity index (χ1v) is 6.58. The molecule has 20 heavy (non-hydrogen) atoms. The van der Waals surface area contributed by atoms with Crippen molar-refractivity contribution in [1.29, 1.82) is 0 Å². The van der Waals surface area contributed by atoms with Crippen LogP contribution in [0, 0.1) is 0 Å². The van der Waals surface area contributed by atoms with Gasteiger partial charge in [0.15, 0.2) is 0 Å². The number of hydrogen-bond acceptors (Lipinski definition) is 5. The van der Waals surface area contributed by atoms with Crippen LogP contribution in [0.3, 0.4) is 0 Å². The molecule has 0 atom stereocenters. The molecule has 0 N–H and O–H groups in total. The Hall–Kier alpha value is -2.30. The van der Waals surface area contributed by atoms with E-state index in [-0.39, 0.29) is 29.9 Å². The Labute approximate surface area is 116 Å². The van der Waals surface area contributed by atoms with E-state index in [0.29, 0.717) is 23.5 Å². The van der Waals surface area contributed by atoms with E-state index < -0.39 is 0 Å². The average molecular weight is 274 g/mol. The van der Waals surface area contributed by atoms with Gasteiger partial charge in [0.25, 0.3) is 0 Å². The van der Waals surface area contributed by atoms with Gasteiger partial charge in [0.05, 0.1) is 6.61 Å². The third-order valence-electron chi connectivity index (χ3n) is 3.27. The molecule has 1 aromatic carbocycles. The maximum absolute atomic E-state index is 12.3. The summed E-state index contributed by atoms with van der Waals surface area (Å²) in [6.45, 7) is 2.57.